The maximum absolute atomic E-state index is 7.84. The van der Waals surface area contributed by atoms with E-state index in [0.717, 1.165) is 30.8 Å². The Hall–Kier alpha value is -1.51. The summed E-state index contributed by atoms with van der Waals surface area (Å²) in [7, 11) is 0. The van der Waals surface area contributed by atoms with Gasteiger partial charge < -0.3 is 9.64 Å². The molecule has 0 spiro atoms. The molecule has 80 valence electrons. The molecule has 1 N–H and O–H groups in total. The van der Waals surface area contributed by atoms with Crippen LogP contribution in [0.3, 0.4) is 0 Å². The zero-order valence-electron chi connectivity index (χ0n) is 8.99. The second-order valence-electron chi connectivity index (χ2n) is 3.60. The zero-order chi connectivity index (χ0) is 10.7. The number of anilines is 1. The molecule has 0 unspecified atom stereocenters. The molecule has 0 bridgehead atoms. The molecule has 0 atom stereocenters. The number of amidine groups is 1. The smallest absolute Gasteiger partial charge is 0.142 e. The third-order valence-corrected chi connectivity index (χ3v) is 2.58. The van der Waals surface area contributed by atoms with Crippen LogP contribution in [0.4, 0.5) is 5.69 Å². The lowest BCUT2D eigenvalue weighted by Crippen LogP contribution is -2.23. The third kappa shape index (κ3) is 1.96. The standard InChI is InChI=1S/C12H16N2O/c1-2-15-11-7-4-3-6-10(11)14-9-5-8-12(14)13/h3-4,6-7,13H,2,5,8-9H2,1H3. The molecule has 1 aliphatic heterocycles. The van der Waals surface area contributed by atoms with Crippen LogP contribution in [0.15, 0.2) is 24.3 Å². The van der Waals surface area contributed by atoms with Gasteiger partial charge in [0.2, 0.25) is 0 Å². The minimum Gasteiger partial charge on any atom is -0.492 e. The number of nitrogens with one attached hydrogen (secondary N) is 1. The molecule has 1 saturated heterocycles. The number of benzene rings is 1. The Bertz CT molecular complexity index is 362. The molecule has 0 amide bonds. The van der Waals surface area contributed by atoms with Gasteiger partial charge in [0, 0.05) is 13.0 Å². The van der Waals surface area contributed by atoms with E-state index in [4.69, 9.17) is 10.1 Å². The van der Waals surface area contributed by atoms with Gasteiger partial charge in [-0.2, -0.15) is 0 Å². The van der Waals surface area contributed by atoms with Crippen molar-refractivity contribution in [2.75, 3.05) is 18.1 Å². The normalized spacial score (nSPS) is 15.8. The van der Waals surface area contributed by atoms with Crippen molar-refractivity contribution in [1.82, 2.24) is 0 Å². The highest BCUT2D eigenvalue weighted by Crippen LogP contribution is 2.31. The van der Waals surface area contributed by atoms with Crippen LogP contribution in [0.2, 0.25) is 0 Å². The molecule has 2 rings (SSSR count). The van der Waals surface area contributed by atoms with E-state index in [2.05, 4.69) is 0 Å². The highest BCUT2D eigenvalue weighted by atomic mass is 16.5. The summed E-state index contributed by atoms with van der Waals surface area (Å²) in [4.78, 5) is 2.03. The van der Waals surface area contributed by atoms with Gasteiger partial charge in [0.05, 0.1) is 12.3 Å². The Morgan fingerprint density at radius 3 is 2.87 bits per heavy atom. The SMILES string of the molecule is CCOc1ccccc1N1CCCC1=N. The lowest BCUT2D eigenvalue weighted by atomic mass is 10.2. The fraction of sp³-hybridized carbons (Fsp3) is 0.417. The predicted octanol–water partition coefficient (Wildman–Crippen LogP) is 2.66. The molecular weight excluding hydrogens is 188 g/mol. The van der Waals surface area contributed by atoms with Crippen molar-refractivity contribution in [3.05, 3.63) is 24.3 Å². The fourth-order valence-corrected chi connectivity index (χ4v) is 1.90. The molecular formula is C12H16N2O. The van der Waals surface area contributed by atoms with Gasteiger partial charge in [-0.15, -0.1) is 0 Å². The van der Waals surface area contributed by atoms with Crippen LogP contribution >= 0.6 is 0 Å². The number of nitrogens with zero attached hydrogens (tertiary/aromatic N) is 1. The van der Waals surface area contributed by atoms with Gasteiger partial charge in [-0.3, -0.25) is 5.41 Å². The number of hydrogen-bond donors (Lipinski definition) is 1. The summed E-state index contributed by atoms with van der Waals surface area (Å²) in [6, 6.07) is 7.94. The van der Waals surface area contributed by atoms with Crippen molar-refractivity contribution in [2.24, 2.45) is 0 Å². The molecule has 1 heterocycles. The van der Waals surface area contributed by atoms with Crippen LogP contribution < -0.4 is 9.64 Å². The Labute approximate surface area is 90.2 Å². The second kappa shape index (κ2) is 4.34. The van der Waals surface area contributed by atoms with Crippen molar-refractivity contribution in [3.8, 4) is 5.75 Å². The van der Waals surface area contributed by atoms with E-state index in [1.165, 1.54) is 0 Å². The second-order valence-corrected chi connectivity index (χ2v) is 3.60. The molecule has 3 heteroatoms. The molecule has 1 aromatic rings. The quantitative estimate of drug-likeness (QED) is 0.821. The van der Waals surface area contributed by atoms with Crippen LogP contribution in [0.25, 0.3) is 0 Å². The van der Waals surface area contributed by atoms with E-state index in [1.807, 2.05) is 36.1 Å². The van der Waals surface area contributed by atoms with Gasteiger partial charge in [-0.05, 0) is 25.5 Å². The Balaban J connectivity index is 2.29. The maximum atomic E-state index is 7.84. The monoisotopic (exact) mass is 204 g/mol. The van der Waals surface area contributed by atoms with Crippen molar-refractivity contribution in [1.29, 1.82) is 5.41 Å². The van der Waals surface area contributed by atoms with Crippen molar-refractivity contribution in [3.63, 3.8) is 0 Å². The number of rotatable bonds is 3. The highest BCUT2D eigenvalue weighted by Gasteiger charge is 2.20. The van der Waals surface area contributed by atoms with Gasteiger partial charge in [0.25, 0.3) is 0 Å². The molecule has 1 aromatic carbocycles. The van der Waals surface area contributed by atoms with Gasteiger partial charge >= 0.3 is 0 Å². The summed E-state index contributed by atoms with van der Waals surface area (Å²) < 4.78 is 5.56. The Morgan fingerprint density at radius 2 is 2.20 bits per heavy atom. The summed E-state index contributed by atoms with van der Waals surface area (Å²) >= 11 is 0. The van der Waals surface area contributed by atoms with Crippen LogP contribution in [0, 0.1) is 5.41 Å². The van der Waals surface area contributed by atoms with Crippen molar-refractivity contribution in [2.45, 2.75) is 19.8 Å². The van der Waals surface area contributed by atoms with Crippen molar-refractivity contribution < 1.29 is 4.74 Å². The number of para-hydroxylation sites is 2. The summed E-state index contributed by atoms with van der Waals surface area (Å²) in [6.07, 6.45) is 1.94. The van der Waals surface area contributed by atoms with Gasteiger partial charge in [-0.1, -0.05) is 12.1 Å². The summed E-state index contributed by atoms with van der Waals surface area (Å²) in [6.45, 7) is 3.58. The van der Waals surface area contributed by atoms with E-state index < -0.39 is 0 Å². The first kappa shape index (κ1) is 10.0. The summed E-state index contributed by atoms with van der Waals surface area (Å²) in [5.74, 6) is 1.58. The van der Waals surface area contributed by atoms with Gasteiger partial charge in [-0.25, -0.2) is 0 Å². The van der Waals surface area contributed by atoms with Gasteiger partial charge in [0.15, 0.2) is 0 Å². The fourth-order valence-electron chi connectivity index (χ4n) is 1.90. The average molecular weight is 204 g/mol. The van der Waals surface area contributed by atoms with Crippen LogP contribution in [-0.2, 0) is 0 Å². The molecule has 0 aliphatic carbocycles. The predicted molar refractivity (Wildman–Crippen MR) is 61.9 cm³/mol. The molecule has 3 nitrogen and oxygen atoms in total. The van der Waals surface area contributed by atoms with E-state index in [1.54, 1.807) is 0 Å². The maximum Gasteiger partial charge on any atom is 0.142 e. The minimum absolute atomic E-state index is 0.665. The average Bonchev–Trinajstić information content (AvgIpc) is 2.66. The number of ether oxygens (including phenoxy) is 1. The highest BCUT2D eigenvalue weighted by molar-refractivity contribution is 5.98. The summed E-state index contributed by atoms with van der Waals surface area (Å²) in [5.41, 5.74) is 1.03. The first-order valence-electron chi connectivity index (χ1n) is 5.39. The van der Waals surface area contributed by atoms with Crippen LogP contribution in [-0.4, -0.2) is 19.0 Å². The third-order valence-electron chi connectivity index (χ3n) is 2.58. The van der Waals surface area contributed by atoms with E-state index in [9.17, 15) is 0 Å². The van der Waals surface area contributed by atoms with Gasteiger partial charge in [0.1, 0.15) is 11.6 Å². The van der Waals surface area contributed by atoms with E-state index >= 15 is 0 Å². The zero-order valence-corrected chi connectivity index (χ0v) is 8.99. The lowest BCUT2D eigenvalue weighted by Gasteiger charge is -2.20. The molecule has 0 radical (unpaired) electrons. The molecule has 1 aliphatic rings. The van der Waals surface area contributed by atoms with Crippen molar-refractivity contribution >= 4 is 11.5 Å². The molecule has 15 heavy (non-hydrogen) atoms. The number of hydrogen-bond acceptors (Lipinski definition) is 2. The van der Waals surface area contributed by atoms with Crippen LogP contribution in [0.1, 0.15) is 19.8 Å². The van der Waals surface area contributed by atoms with E-state index in [0.29, 0.717) is 12.4 Å². The summed E-state index contributed by atoms with van der Waals surface area (Å²) in [5, 5.41) is 7.84. The molecule has 1 fully saturated rings. The lowest BCUT2D eigenvalue weighted by molar-refractivity contribution is 0.341. The minimum atomic E-state index is 0.665. The topological polar surface area (TPSA) is 36.3 Å². The first-order valence-corrected chi connectivity index (χ1v) is 5.39. The van der Waals surface area contributed by atoms with Crippen LogP contribution in [0.5, 0.6) is 5.75 Å². The Kier molecular flexibility index (Phi) is 2.90. The first-order chi connectivity index (χ1) is 7.33. The molecule has 0 saturated carbocycles. The molecule has 0 aromatic heterocycles. The Morgan fingerprint density at radius 1 is 1.40 bits per heavy atom. The van der Waals surface area contributed by atoms with E-state index in [-0.39, 0.29) is 0 Å². The largest absolute Gasteiger partial charge is 0.492 e.